The first kappa shape index (κ1) is 6.01. The van der Waals surface area contributed by atoms with E-state index >= 15 is 0 Å². The molecule has 3 heteroatoms. The Kier molecular flexibility index (Phi) is 1.34. The zero-order valence-corrected chi connectivity index (χ0v) is 5.46. The third-order valence-electron chi connectivity index (χ3n) is 1.32. The molecule has 1 aromatic heterocycles. The van der Waals surface area contributed by atoms with Crippen molar-refractivity contribution in [2.75, 3.05) is 0 Å². The van der Waals surface area contributed by atoms with Crippen molar-refractivity contribution in [3.05, 3.63) is 28.4 Å². The molecule has 0 fully saturated rings. The van der Waals surface area contributed by atoms with Crippen molar-refractivity contribution in [3.8, 4) is 0 Å². The lowest BCUT2D eigenvalue weighted by atomic mass is 10.4. The lowest BCUT2D eigenvalue weighted by molar-refractivity contribution is 0.775. The van der Waals surface area contributed by atoms with E-state index in [-0.39, 0.29) is 5.69 Å². The molecule has 1 rings (SSSR count). The summed E-state index contributed by atoms with van der Waals surface area (Å²) in [4.78, 5) is 14.2. The maximum atomic E-state index is 10.7. The van der Waals surface area contributed by atoms with Crippen LogP contribution < -0.4 is 5.69 Å². The molecule has 0 unspecified atom stereocenters. The second-order valence-electron chi connectivity index (χ2n) is 1.93. The van der Waals surface area contributed by atoms with Gasteiger partial charge in [0.15, 0.2) is 0 Å². The smallest absolute Gasteiger partial charge is 0.300 e. The van der Waals surface area contributed by atoms with Gasteiger partial charge in [-0.3, -0.25) is 4.57 Å². The molecule has 0 aromatic carbocycles. The van der Waals surface area contributed by atoms with Gasteiger partial charge in [0.2, 0.25) is 0 Å². The van der Waals surface area contributed by atoms with E-state index in [4.69, 9.17) is 0 Å². The summed E-state index contributed by atoms with van der Waals surface area (Å²) in [7, 11) is 1.70. The van der Waals surface area contributed by atoms with Crippen molar-refractivity contribution in [2.24, 2.45) is 7.05 Å². The molecular weight excluding hydrogens is 116 g/mol. The minimum Gasteiger partial charge on any atom is -0.300 e. The molecule has 48 valence electrons. The molecule has 0 saturated carbocycles. The largest absolute Gasteiger partial charge is 0.347 e. The normalized spacial score (nSPS) is 9.56. The van der Waals surface area contributed by atoms with Crippen molar-refractivity contribution in [2.45, 2.75) is 6.92 Å². The van der Waals surface area contributed by atoms with Gasteiger partial charge >= 0.3 is 5.69 Å². The monoisotopic (exact) mass is 124 g/mol. The number of aromatic nitrogens is 2. The SMILES string of the molecule is Cc1ccnc(=O)n1C. The predicted octanol–water partition coefficient (Wildman–Crippen LogP) is 0.0887. The standard InChI is InChI=1S/C6H8N2O/c1-5-3-4-7-6(9)8(5)2/h3-4H,1-2H3. The van der Waals surface area contributed by atoms with Crippen LogP contribution in [-0.4, -0.2) is 9.55 Å². The van der Waals surface area contributed by atoms with Crippen LogP contribution in [0, 0.1) is 6.92 Å². The van der Waals surface area contributed by atoms with Gasteiger partial charge in [0, 0.05) is 18.9 Å². The predicted molar refractivity (Wildman–Crippen MR) is 34.2 cm³/mol. The second kappa shape index (κ2) is 2.01. The molecule has 0 saturated heterocycles. The zero-order chi connectivity index (χ0) is 6.85. The molecule has 0 bridgehead atoms. The molecule has 0 spiro atoms. The summed E-state index contributed by atoms with van der Waals surface area (Å²) < 4.78 is 1.50. The van der Waals surface area contributed by atoms with Crippen LogP contribution in [0.15, 0.2) is 17.1 Å². The lowest BCUT2D eigenvalue weighted by Gasteiger charge is -1.97. The third-order valence-corrected chi connectivity index (χ3v) is 1.32. The Labute approximate surface area is 53.0 Å². The van der Waals surface area contributed by atoms with Crippen LogP contribution in [0.1, 0.15) is 5.69 Å². The van der Waals surface area contributed by atoms with Gasteiger partial charge in [-0.15, -0.1) is 0 Å². The fraction of sp³-hybridized carbons (Fsp3) is 0.333. The summed E-state index contributed by atoms with van der Waals surface area (Å²) >= 11 is 0. The van der Waals surface area contributed by atoms with Crippen molar-refractivity contribution in [1.29, 1.82) is 0 Å². The van der Waals surface area contributed by atoms with Gasteiger partial charge in [-0.2, -0.15) is 0 Å². The highest BCUT2D eigenvalue weighted by Gasteiger charge is 1.89. The summed E-state index contributed by atoms with van der Waals surface area (Å²) in [6.07, 6.45) is 1.51. The van der Waals surface area contributed by atoms with Crippen molar-refractivity contribution in [3.63, 3.8) is 0 Å². The summed E-state index contributed by atoms with van der Waals surface area (Å²) in [5, 5.41) is 0. The van der Waals surface area contributed by atoms with Crippen LogP contribution in [-0.2, 0) is 7.05 Å². The van der Waals surface area contributed by atoms with Gasteiger partial charge in [-0.05, 0) is 13.0 Å². The summed E-state index contributed by atoms with van der Waals surface area (Å²) in [5.74, 6) is 0. The van der Waals surface area contributed by atoms with Gasteiger partial charge in [-0.1, -0.05) is 0 Å². The zero-order valence-electron chi connectivity index (χ0n) is 5.46. The number of rotatable bonds is 0. The maximum Gasteiger partial charge on any atom is 0.347 e. The van der Waals surface area contributed by atoms with Gasteiger partial charge in [0.25, 0.3) is 0 Å². The van der Waals surface area contributed by atoms with Gasteiger partial charge < -0.3 is 0 Å². The van der Waals surface area contributed by atoms with Gasteiger partial charge in [-0.25, -0.2) is 9.78 Å². The van der Waals surface area contributed by atoms with Crippen LogP contribution in [0.5, 0.6) is 0 Å². The molecule has 0 N–H and O–H groups in total. The Morgan fingerprint density at radius 2 is 2.33 bits per heavy atom. The molecular formula is C6H8N2O. The molecule has 0 amide bonds. The summed E-state index contributed by atoms with van der Waals surface area (Å²) in [6.45, 7) is 1.86. The van der Waals surface area contributed by atoms with E-state index in [1.165, 1.54) is 10.8 Å². The van der Waals surface area contributed by atoms with Crippen molar-refractivity contribution >= 4 is 0 Å². The van der Waals surface area contributed by atoms with E-state index in [2.05, 4.69) is 4.98 Å². The second-order valence-corrected chi connectivity index (χ2v) is 1.93. The lowest BCUT2D eigenvalue weighted by Crippen LogP contribution is -2.20. The molecule has 9 heavy (non-hydrogen) atoms. The fourth-order valence-electron chi connectivity index (χ4n) is 0.558. The van der Waals surface area contributed by atoms with E-state index in [0.29, 0.717) is 0 Å². The van der Waals surface area contributed by atoms with Crippen LogP contribution in [0.2, 0.25) is 0 Å². The maximum absolute atomic E-state index is 10.7. The molecule has 0 aliphatic heterocycles. The number of hydrogen-bond donors (Lipinski definition) is 0. The molecule has 0 aliphatic rings. The van der Waals surface area contributed by atoms with Crippen LogP contribution in [0.4, 0.5) is 0 Å². The highest BCUT2D eigenvalue weighted by atomic mass is 16.1. The molecule has 0 atom stereocenters. The molecule has 0 aliphatic carbocycles. The number of hydrogen-bond acceptors (Lipinski definition) is 2. The molecule has 1 aromatic rings. The van der Waals surface area contributed by atoms with Gasteiger partial charge in [0.1, 0.15) is 0 Å². The van der Waals surface area contributed by atoms with Crippen LogP contribution in [0.3, 0.4) is 0 Å². The van der Waals surface area contributed by atoms with Crippen LogP contribution in [0.25, 0.3) is 0 Å². The molecule has 0 radical (unpaired) electrons. The molecule has 1 heterocycles. The minimum absolute atomic E-state index is 0.199. The first-order valence-electron chi connectivity index (χ1n) is 2.70. The van der Waals surface area contributed by atoms with Crippen molar-refractivity contribution in [1.82, 2.24) is 9.55 Å². The summed E-state index contributed by atoms with van der Waals surface area (Å²) in [5.41, 5.74) is 0.727. The Hall–Kier alpha value is -1.12. The highest BCUT2D eigenvalue weighted by molar-refractivity contribution is 4.96. The van der Waals surface area contributed by atoms with E-state index in [0.717, 1.165) is 5.69 Å². The van der Waals surface area contributed by atoms with E-state index < -0.39 is 0 Å². The first-order valence-corrected chi connectivity index (χ1v) is 2.70. The van der Waals surface area contributed by atoms with Crippen molar-refractivity contribution < 1.29 is 0 Å². The minimum atomic E-state index is -0.199. The average molecular weight is 124 g/mol. The van der Waals surface area contributed by atoms with Gasteiger partial charge in [0.05, 0.1) is 0 Å². The Bertz CT molecular complexity index is 264. The quantitative estimate of drug-likeness (QED) is 0.491. The third kappa shape index (κ3) is 0.988. The van der Waals surface area contributed by atoms with E-state index in [1.807, 2.05) is 6.92 Å². The Morgan fingerprint density at radius 1 is 1.67 bits per heavy atom. The van der Waals surface area contributed by atoms with Crippen LogP contribution >= 0.6 is 0 Å². The topological polar surface area (TPSA) is 34.9 Å². The van der Waals surface area contributed by atoms with E-state index in [1.54, 1.807) is 13.1 Å². The Balaban J connectivity index is 3.43. The van der Waals surface area contributed by atoms with E-state index in [9.17, 15) is 4.79 Å². The molecule has 3 nitrogen and oxygen atoms in total. The fourth-order valence-corrected chi connectivity index (χ4v) is 0.558. The highest BCUT2D eigenvalue weighted by Crippen LogP contribution is 1.85. The average Bonchev–Trinajstić information content (AvgIpc) is 1.83. The summed E-state index contributed by atoms with van der Waals surface area (Å²) in [6, 6.07) is 1.79. The number of nitrogens with zero attached hydrogens (tertiary/aromatic N) is 2. The Morgan fingerprint density at radius 3 is 2.78 bits per heavy atom. The number of aryl methyl sites for hydroxylation is 1. The first-order chi connectivity index (χ1) is 4.22.